The summed E-state index contributed by atoms with van der Waals surface area (Å²) in [5.41, 5.74) is 2.31. The summed E-state index contributed by atoms with van der Waals surface area (Å²) in [6, 6.07) is 8.45. The van der Waals surface area contributed by atoms with Gasteiger partial charge in [-0.1, -0.05) is 34.5 Å². The van der Waals surface area contributed by atoms with Gasteiger partial charge in [-0.15, -0.1) is 11.3 Å². The number of esters is 1. The number of carbonyl (C=O) groups excluding carboxylic acids is 1. The highest BCUT2D eigenvalue weighted by Gasteiger charge is 2.33. The first-order chi connectivity index (χ1) is 11.1. The average Bonchev–Trinajstić information content (AvgIpc) is 2.84. The maximum atomic E-state index is 12.0. The first kappa shape index (κ1) is 16.7. The van der Waals surface area contributed by atoms with Crippen LogP contribution >= 0.6 is 27.3 Å². The van der Waals surface area contributed by atoms with Crippen molar-refractivity contribution in [1.82, 2.24) is 4.98 Å². The molecule has 0 amide bonds. The molecule has 1 saturated carbocycles. The Morgan fingerprint density at radius 1 is 1.48 bits per heavy atom. The SMILES string of the molecule is CCOC(=O)c1nc(C(c2cccc(Br)c2)C2CCC2)c(C)s1. The van der Waals surface area contributed by atoms with E-state index in [1.54, 1.807) is 0 Å². The summed E-state index contributed by atoms with van der Waals surface area (Å²) in [7, 11) is 0. The number of benzene rings is 1. The normalized spacial score (nSPS) is 16.0. The summed E-state index contributed by atoms with van der Waals surface area (Å²) >= 11 is 5.01. The van der Waals surface area contributed by atoms with Crippen LogP contribution in [-0.2, 0) is 4.74 Å². The Hall–Kier alpha value is -1.20. The topological polar surface area (TPSA) is 39.2 Å². The summed E-state index contributed by atoms with van der Waals surface area (Å²) < 4.78 is 6.18. The van der Waals surface area contributed by atoms with E-state index in [1.807, 2.05) is 13.0 Å². The van der Waals surface area contributed by atoms with Gasteiger partial charge >= 0.3 is 5.97 Å². The second-order valence-electron chi connectivity index (χ2n) is 5.90. The number of ether oxygens (including phenoxy) is 1. The zero-order chi connectivity index (χ0) is 16.4. The zero-order valence-corrected chi connectivity index (χ0v) is 15.7. The number of carbonyl (C=O) groups is 1. The molecule has 1 aliphatic rings. The van der Waals surface area contributed by atoms with Crippen LogP contribution in [0.3, 0.4) is 0 Å². The molecule has 1 unspecified atom stereocenters. The second-order valence-corrected chi connectivity index (χ2v) is 8.02. The van der Waals surface area contributed by atoms with E-state index >= 15 is 0 Å². The summed E-state index contributed by atoms with van der Waals surface area (Å²) in [4.78, 5) is 17.8. The standard InChI is InChI=1S/C18H20BrNO2S/c1-3-22-18(21)17-20-16(11(2)23-17)15(12-6-4-7-12)13-8-5-9-14(19)10-13/h5,8-10,12,15H,3-4,6-7H2,1-2H3. The predicted molar refractivity (Wildman–Crippen MR) is 96.1 cm³/mol. The van der Waals surface area contributed by atoms with Gasteiger partial charge in [0.25, 0.3) is 0 Å². The van der Waals surface area contributed by atoms with Gasteiger partial charge in [-0.2, -0.15) is 0 Å². The Balaban J connectivity index is 1.99. The van der Waals surface area contributed by atoms with Gasteiger partial charge in [0.15, 0.2) is 0 Å². The molecule has 3 nitrogen and oxygen atoms in total. The van der Waals surface area contributed by atoms with Gasteiger partial charge in [0.05, 0.1) is 12.3 Å². The molecule has 5 heteroatoms. The molecule has 0 radical (unpaired) electrons. The van der Waals surface area contributed by atoms with Gasteiger partial charge in [0, 0.05) is 15.3 Å². The molecular weight excluding hydrogens is 374 g/mol. The molecular formula is C18H20BrNO2S. The van der Waals surface area contributed by atoms with E-state index in [9.17, 15) is 4.79 Å². The van der Waals surface area contributed by atoms with Crippen molar-refractivity contribution < 1.29 is 9.53 Å². The van der Waals surface area contributed by atoms with Gasteiger partial charge in [-0.05, 0) is 50.3 Å². The second kappa shape index (κ2) is 7.14. The molecule has 1 atom stereocenters. The molecule has 1 heterocycles. The number of thiazole rings is 1. The molecule has 2 aromatic rings. The molecule has 1 aromatic carbocycles. The summed E-state index contributed by atoms with van der Waals surface area (Å²) in [6.07, 6.45) is 3.73. The Labute approximate surface area is 149 Å². The Bertz CT molecular complexity index is 709. The molecule has 0 saturated heterocycles. The quantitative estimate of drug-likeness (QED) is 0.644. The van der Waals surface area contributed by atoms with E-state index in [0.717, 1.165) is 15.0 Å². The maximum absolute atomic E-state index is 12.0. The van der Waals surface area contributed by atoms with E-state index in [-0.39, 0.29) is 11.9 Å². The molecule has 1 aliphatic carbocycles. The van der Waals surface area contributed by atoms with Crippen LogP contribution in [0.5, 0.6) is 0 Å². The lowest BCUT2D eigenvalue weighted by Crippen LogP contribution is -2.22. The van der Waals surface area contributed by atoms with Crippen molar-refractivity contribution in [3.05, 3.63) is 49.9 Å². The highest BCUT2D eigenvalue weighted by molar-refractivity contribution is 9.10. The van der Waals surface area contributed by atoms with Crippen molar-refractivity contribution in [3.63, 3.8) is 0 Å². The first-order valence-electron chi connectivity index (χ1n) is 8.00. The monoisotopic (exact) mass is 393 g/mol. The number of aryl methyl sites for hydroxylation is 1. The van der Waals surface area contributed by atoms with Crippen LogP contribution in [0, 0.1) is 12.8 Å². The summed E-state index contributed by atoms with van der Waals surface area (Å²) in [5.74, 6) is 0.564. The van der Waals surface area contributed by atoms with Crippen LogP contribution in [0.1, 0.15) is 58.0 Å². The molecule has 0 N–H and O–H groups in total. The first-order valence-corrected chi connectivity index (χ1v) is 9.61. The largest absolute Gasteiger partial charge is 0.461 e. The smallest absolute Gasteiger partial charge is 0.367 e. The van der Waals surface area contributed by atoms with Crippen LogP contribution in [0.25, 0.3) is 0 Å². The highest BCUT2D eigenvalue weighted by Crippen LogP contribution is 2.45. The summed E-state index contributed by atoms with van der Waals surface area (Å²) in [5, 5.41) is 0.471. The average molecular weight is 394 g/mol. The number of rotatable bonds is 5. The zero-order valence-electron chi connectivity index (χ0n) is 13.3. The minimum atomic E-state index is -0.312. The van der Waals surface area contributed by atoms with E-state index < -0.39 is 0 Å². The van der Waals surface area contributed by atoms with Crippen molar-refractivity contribution in [1.29, 1.82) is 0 Å². The van der Waals surface area contributed by atoms with Crippen molar-refractivity contribution in [2.75, 3.05) is 6.61 Å². The number of halogens is 1. The van der Waals surface area contributed by atoms with Gasteiger partial charge < -0.3 is 4.74 Å². The van der Waals surface area contributed by atoms with Crippen molar-refractivity contribution >= 4 is 33.2 Å². The number of nitrogens with zero attached hydrogens (tertiary/aromatic N) is 1. The molecule has 0 aliphatic heterocycles. The fraction of sp³-hybridized carbons (Fsp3) is 0.444. The van der Waals surface area contributed by atoms with E-state index in [4.69, 9.17) is 4.74 Å². The van der Waals surface area contributed by atoms with Crippen molar-refractivity contribution in [2.45, 2.75) is 39.0 Å². The lowest BCUT2D eigenvalue weighted by molar-refractivity contribution is 0.0525. The van der Waals surface area contributed by atoms with Gasteiger partial charge in [-0.3, -0.25) is 0 Å². The van der Waals surface area contributed by atoms with E-state index in [2.05, 4.69) is 46.0 Å². The Kier molecular flexibility index (Phi) is 5.17. The third-order valence-corrected chi connectivity index (χ3v) is 5.87. The molecule has 3 rings (SSSR count). The molecule has 1 fully saturated rings. The van der Waals surface area contributed by atoms with Gasteiger partial charge in [0.1, 0.15) is 0 Å². The van der Waals surface area contributed by atoms with Crippen LogP contribution in [0.2, 0.25) is 0 Å². The molecule has 0 spiro atoms. The van der Waals surface area contributed by atoms with Crippen LogP contribution < -0.4 is 0 Å². The Morgan fingerprint density at radius 2 is 2.26 bits per heavy atom. The van der Waals surface area contributed by atoms with E-state index in [0.29, 0.717) is 17.5 Å². The fourth-order valence-corrected chi connectivity index (χ4v) is 4.37. The molecule has 122 valence electrons. The number of aromatic nitrogens is 1. The third kappa shape index (κ3) is 3.50. The van der Waals surface area contributed by atoms with Crippen LogP contribution in [-0.4, -0.2) is 17.6 Å². The predicted octanol–water partition coefficient (Wildman–Crippen LogP) is 5.32. The number of hydrogen-bond acceptors (Lipinski definition) is 4. The molecule has 23 heavy (non-hydrogen) atoms. The number of hydrogen-bond donors (Lipinski definition) is 0. The van der Waals surface area contributed by atoms with Crippen LogP contribution in [0.15, 0.2) is 28.7 Å². The maximum Gasteiger partial charge on any atom is 0.367 e. The van der Waals surface area contributed by atoms with E-state index in [1.165, 1.54) is 36.2 Å². The van der Waals surface area contributed by atoms with Crippen molar-refractivity contribution in [2.24, 2.45) is 5.92 Å². The fourth-order valence-electron chi connectivity index (χ4n) is 3.10. The summed E-state index contributed by atoms with van der Waals surface area (Å²) in [6.45, 7) is 4.25. The van der Waals surface area contributed by atoms with Crippen LogP contribution in [0.4, 0.5) is 0 Å². The Morgan fingerprint density at radius 3 is 2.87 bits per heavy atom. The molecule has 1 aromatic heterocycles. The molecule has 0 bridgehead atoms. The lowest BCUT2D eigenvalue weighted by Gasteiger charge is -2.33. The highest BCUT2D eigenvalue weighted by atomic mass is 79.9. The minimum absolute atomic E-state index is 0.265. The van der Waals surface area contributed by atoms with Gasteiger partial charge in [0.2, 0.25) is 5.01 Å². The van der Waals surface area contributed by atoms with Crippen molar-refractivity contribution in [3.8, 4) is 0 Å². The minimum Gasteiger partial charge on any atom is -0.461 e. The third-order valence-electron chi connectivity index (χ3n) is 4.41. The lowest BCUT2D eigenvalue weighted by atomic mass is 9.71. The van der Waals surface area contributed by atoms with Gasteiger partial charge in [-0.25, -0.2) is 9.78 Å².